The maximum Gasteiger partial charge on any atom is 0.0561 e. The van der Waals surface area contributed by atoms with E-state index in [1.165, 1.54) is 63.9 Å². The predicted octanol–water partition coefficient (Wildman–Crippen LogP) is 13.4. The maximum absolute atomic E-state index is 2.41. The third-order valence-corrected chi connectivity index (χ3v) is 11.0. The SMILES string of the molecule is c1ccc(-c2ccc(N(c3ccc4sc5c6ccccc6ccc5c4c3)c3ccc4c5ccccc5n(-c5ccccc5)c4c3)cc2)cc1. The van der Waals surface area contributed by atoms with Gasteiger partial charge in [-0.15, -0.1) is 11.3 Å². The second kappa shape index (κ2) is 11.2. The van der Waals surface area contributed by atoms with Crippen molar-refractivity contribution in [2.75, 3.05) is 4.90 Å². The van der Waals surface area contributed by atoms with E-state index in [9.17, 15) is 0 Å². The smallest absolute Gasteiger partial charge is 0.0561 e. The molecule has 0 saturated carbocycles. The average Bonchev–Trinajstić information content (AvgIpc) is 3.71. The zero-order valence-electron chi connectivity index (χ0n) is 26.6. The average molecular weight is 643 g/mol. The Labute approximate surface area is 288 Å². The van der Waals surface area contributed by atoms with E-state index in [0.717, 1.165) is 22.7 Å². The van der Waals surface area contributed by atoms with Crippen molar-refractivity contribution in [1.82, 2.24) is 4.57 Å². The van der Waals surface area contributed by atoms with Crippen LogP contribution in [-0.4, -0.2) is 4.57 Å². The van der Waals surface area contributed by atoms with Gasteiger partial charge in [0.05, 0.1) is 11.0 Å². The molecule has 0 N–H and O–H groups in total. The summed E-state index contributed by atoms with van der Waals surface area (Å²) in [6.07, 6.45) is 0. The molecule has 0 amide bonds. The minimum Gasteiger partial charge on any atom is -0.310 e. The van der Waals surface area contributed by atoms with Crippen LogP contribution in [-0.2, 0) is 0 Å². The van der Waals surface area contributed by atoms with E-state index in [1.807, 2.05) is 11.3 Å². The molecule has 2 nitrogen and oxygen atoms in total. The van der Waals surface area contributed by atoms with Gasteiger partial charge >= 0.3 is 0 Å². The normalized spacial score (nSPS) is 11.7. The third kappa shape index (κ3) is 4.55. The largest absolute Gasteiger partial charge is 0.310 e. The number of benzene rings is 8. The van der Waals surface area contributed by atoms with Crippen LogP contribution in [0.2, 0.25) is 0 Å². The number of anilines is 3. The van der Waals surface area contributed by atoms with Gasteiger partial charge in [-0.25, -0.2) is 0 Å². The summed E-state index contributed by atoms with van der Waals surface area (Å²) in [5.74, 6) is 0. The summed E-state index contributed by atoms with van der Waals surface area (Å²) in [7, 11) is 0. The van der Waals surface area contributed by atoms with Crippen LogP contribution < -0.4 is 4.90 Å². The molecule has 0 spiro atoms. The molecule has 0 saturated heterocycles. The van der Waals surface area contributed by atoms with E-state index in [1.54, 1.807) is 0 Å². The van der Waals surface area contributed by atoms with Crippen molar-refractivity contribution in [1.29, 1.82) is 0 Å². The molecule has 0 atom stereocenters. The molecule has 230 valence electrons. The van der Waals surface area contributed by atoms with Crippen molar-refractivity contribution in [3.05, 3.63) is 182 Å². The van der Waals surface area contributed by atoms with E-state index < -0.39 is 0 Å². The molecule has 0 bridgehead atoms. The molecule has 0 fully saturated rings. The topological polar surface area (TPSA) is 8.17 Å². The van der Waals surface area contributed by atoms with Crippen molar-refractivity contribution >= 4 is 81.1 Å². The zero-order chi connectivity index (χ0) is 32.3. The summed E-state index contributed by atoms with van der Waals surface area (Å²) in [5, 5.41) is 7.69. The van der Waals surface area contributed by atoms with Gasteiger partial charge in [0, 0.05) is 53.7 Å². The molecule has 0 aliphatic carbocycles. The fourth-order valence-electron chi connectivity index (χ4n) is 7.47. The number of thiophene rings is 1. The monoisotopic (exact) mass is 642 g/mol. The lowest BCUT2D eigenvalue weighted by Crippen LogP contribution is -2.10. The Morgan fingerprint density at radius 1 is 0.388 bits per heavy atom. The summed E-state index contributed by atoms with van der Waals surface area (Å²) in [5.41, 5.74) is 9.33. The Morgan fingerprint density at radius 3 is 1.84 bits per heavy atom. The highest BCUT2D eigenvalue weighted by Gasteiger charge is 2.19. The fourth-order valence-corrected chi connectivity index (χ4v) is 8.68. The Hall–Kier alpha value is -6.16. The highest BCUT2D eigenvalue weighted by atomic mass is 32.1. The van der Waals surface area contributed by atoms with E-state index in [-0.39, 0.29) is 0 Å². The van der Waals surface area contributed by atoms with Gasteiger partial charge in [0.25, 0.3) is 0 Å². The first kappa shape index (κ1) is 27.9. The van der Waals surface area contributed by atoms with E-state index >= 15 is 0 Å². The van der Waals surface area contributed by atoms with Crippen LogP contribution in [0, 0.1) is 0 Å². The number of hydrogen-bond acceptors (Lipinski definition) is 2. The van der Waals surface area contributed by atoms with Gasteiger partial charge in [0.2, 0.25) is 0 Å². The summed E-state index contributed by atoms with van der Waals surface area (Å²) < 4.78 is 5.04. The zero-order valence-corrected chi connectivity index (χ0v) is 27.4. The van der Waals surface area contributed by atoms with Crippen molar-refractivity contribution in [2.24, 2.45) is 0 Å². The van der Waals surface area contributed by atoms with Crippen molar-refractivity contribution < 1.29 is 0 Å². The van der Waals surface area contributed by atoms with Crippen LogP contribution in [0.3, 0.4) is 0 Å². The quantitative estimate of drug-likeness (QED) is 0.181. The second-order valence-electron chi connectivity index (χ2n) is 12.6. The highest BCUT2D eigenvalue weighted by molar-refractivity contribution is 7.26. The number of rotatable bonds is 5. The van der Waals surface area contributed by atoms with Crippen molar-refractivity contribution in [2.45, 2.75) is 0 Å². The Balaban J connectivity index is 1.21. The molecular formula is C46H30N2S. The maximum atomic E-state index is 2.41. The molecule has 0 unspecified atom stereocenters. The van der Waals surface area contributed by atoms with Gasteiger partial charge in [-0.3, -0.25) is 0 Å². The minimum atomic E-state index is 1.12. The number of fused-ring (bicyclic) bond motifs is 8. The van der Waals surface area contributed by atoms with Crippen LogP contribution in [0.5, 0.6) is 0 Å². The standard InChI is InChI=1S/C46H30N2S/c1-3-11-31(12-4-1)32-19-22-35(23-20-32)47(36-25-28-45-42(29-36)41-26-21-33-13-7-8-16-38(33)46(41)49-45)37-24-27-40-39-17-9-10-18-43(39)48(44(40)30-37)34-14-5-2-6-15-34/h1-30H. The predicted molar refractivity (Wildman–Crippen MR) is 211 cm³/mol. The van der Waals surface area contributed by atoms with Gasteiger partial charge in [-0.2, -0.15) is 0 Å². The van der Waals surface area contributed by atoms with Gasteiger partial charge < -0.3 is 9.47 Å². The molecule has 8 aromatic carbocycles. The van der Waals surface area contributed by atoms with Crippen LogP contribution in [0.25, 0.3) is 69.6 Å². The Morgan fingerprint density at radius 2 is 1.00 bits per heavy atom. The molecule has 49 heavy (non-hydrogen) atoms. The number of para-hydroxylation sites is 2. The van der Waals surface area contributed by atoms with Gasteiger partial charge in [0.1, 0.15) is 0 Å². The number of aromatic nitrogens is 1. The van der Waals surface area contributed by atoms with Crippen LogP contribution in [0.15, 0.2) is 182 Å². The molecule has 2 aromatic heterocycles. The lowest BCUT2D eigenvalue weighted by Gasteiger charge is -2.26. The van der Waals surface area contributed by atoms with Crippen LogP contribution in [0.4, 0.5) is 17.1 Å². The van der Waals surface area contributed by atoms with Crippen molar-refractivity contribution in [3.63, 3.8) is 0 Å². The number of nitrogens with zero attached hydrogens (tertiary/aromatic N) is 2. The fraction of sp³-hybridized carbons (Fsp3) is 0. The van der Waals surface area contributed by atoms with E-state index in [4.69, 9.17) is 0 Å². The summed E-state index contributed by atoms with van der Waals surface area (Å²) >= 11 is 1.88. The molecular weight excluding hydrogens is 613 g/mol. The molecule has 0 radical (unpaired) electrons. The lowest BCUT2D eigenvalue weighted by molar-refractivity contribution is 1.18. The van der Waals surface area contributed by atoms with Gasteiger partial charge in [0.15, 0.2) is 0 Å². The Bertz CT molecular complexity index is 2810. The lowest BCUT2D eigenvalue weighted by atomic mass is 10.0. The molecule has 0 aliphatic heterocycles. The van der Waals surface area contributed by atoms with Gasteiger partial charge in [-0.1, -0.05) is 121 Å². The molecule has 10 rings (SSSR count). The van der Waals surface area contributed by atoms with E-state index in [0.29, 0.717) is 0 Å². The first-order valence-electron chi connectivity index (χ1n) is 16.7. The summed E-state index contributed by atoms with van der Waals surface area (Å²) in [4.78, 5) is 2.41. The highest BCUT2D eigenvalue weighted by Crippen LogP contribution is 2.44. The first-order valence-corrected chi connectivity index (χ1v) is 17.5. The van der Waals surface area contributed by atoms with E-state index in [2.05, 4.69) is 191 Å². The van der Waals surface area contributed by atoms with Crippen LogP contribution in [0.1, 0.15) is 0 Å². The summed E-state index contributed by atoms with van der Waals surface area (Å²) in [6.45, 7) is 0. The van der Waals surface area contributed by atoms with Gasteiger partial charge in [-0.05, 0) is 82.6 Å². The molecule has 0 aliphatic rings. The second-order valence-corrected chi connectivity index (χ2v) is 13.6. The third-order valence-electron chi connectivity index (χ3n) is 9.77. The summed E-state index contributed by atoms with van der Waals surface area (Å²) in [6, 6.07) is 66.1. The minimum absolute atomic E-state index is 1.12. The van der Waals surface area contributed by atoms with Crippen molar-refractivity contribution in [3.8, 4) is 16.8 Å². The number of hydrogen-bond donors (Lipinski definition) is 0. The molecule has 3 heteroatoms. The Kier molecular flexibility index (Phi) is 6.39. The molecule has 2 heterocycles. The first-order chi connectivity index (χ1) is 24.3. The van der Waals surface area contributed by atoms with Crippen LogP contribution >= 0.6 is 11.3 Å². The molecule has 10 aromatic rings.